The van der Waals surface area contributed by atoms with E-state index >= 15 is 0 Å². The summed E-state index contributed by atoms with van der Waals surface area (Å²) in [5.41, 5.74) is 0.433. The van der Waals surface area contributed by atoms with Crippen molar-refractivity contribution >= 4 is 39.0 Å². The van der Waals surface area contributed by atoms with E-state index in [1.807, 2.05) is 11.4 Å². The Hall–Kier alpha value is -1.40. The normalized spacial score (nSPS) is 12.1. The second kappa shape index (κ2) is 6.16. The Balaban J connectivity index is 1.89. The molecule has 2 heterocycles. The molecule has 4 nitrogen and oxygen atoms in total. The van der Waals surface area contributed by atoms with Gasteiger partial charge in [-0.1, -0.05) is 6.07 Å². The number of thiophene rings is 1. The number of carbonyl (C=O) groups excluding carboxylic acids is 2. The zero-order valence-corrected chi connectivity index (χ0v) is 12.6. The maximum absolute atomic E-state index is 11.9. The molecule has 2 rings (SSSR count). The van der Waals surface area contributed by atoms with Gasteiger partial charge in [-0.3, -0.25) is 9.59 Å². The molecule has 0 aliphatic heterocycles. The molecule has 19 heavy (non-hydrogen) atoms. The summed E-state index contributed by atoms with van der Waals surface area (Å²) in [5.74, 6) is -0.211. The Kier molecular flexibility index (Phi) is 4.55. The van der Waals surface area contributed by atoms with Crippen molar-refractivity contribution in [3.8, 4) is 0 Å². The van der Waals surface area contributed by atoms with Crippen LogP contribution in [-0.2, 0) is 0 Å². The van der Waals surface area contributed by atoms with Gasteiger partial charge in [0.2, 0.25) is 0 Å². The van der Waals surface area contributed by atoms with Crippen LogP contribution in [0.15, 0.2) is 38.9 Å². The number of furan rings is 1. The van der Waals surface area contributed by atoms with Crippen LogP contribution in [0.3, 0.4) is 0 Å². The minimum Gasteiger partial charge on any atom is -0.457 e. The molecule has 2 aromatic heterocycles. The van der Waals surface area contributed by atoms with Crippen LogP contribution in [0.25, 0.3) is 0 Å². The van der Waals surface area contributed by atoms with Crippen LogP contribution in [-0.4, -0.2) is 17.7 Å². The molecule has 0 spiro atoms. The predicted molar refractivity (Wildman–Crippen MR) is 76.6 cm³/mol. The molecule has 0 radical (unpaired) electrons. The molecule has 2 aromatic rings. The van der Waals surface area contributed by atoms with Crippen molar-refractivity contribution < 1.29 is 14.0 Å². The van der Waals surface area contributed by atoms with E-state index in [9.17, 15) is 9.59 Å². The molecule has 0 unspecified atom stereocenters. The summed E-state index contributed by atoms with van der Waals surface area (Å²) in [6.07, 6.45) is 1.65. The number of nitrogens with one attached hydrogen (secondary N) is 1. The average Bonchev–Trinajstić information content (AvgIpc) is 2.98. The van der Waals surface area contributed by atoms with Crippen molar-refractivity contribution in [3.05, 3.63) is 45.0 Å². The number of carbonyl (C=O) groups is 2. The third-order valence-corrected chi connectivity index (χ3v) is 3.82. The van der Waals surface area contributed by atoms with Crippen molar-refractivity contribution in [1.29, 1.82) is 0 Å². The quantitative estimate of drug-likeness (QED) is 0.846. The van der Waals surface area contributed by atoms with E-state index in [1.165, 1.54) is 17.6 Å². The lowest BCUT2D eigenvalue weighted by molar-refractivity contribution is 0.0919. The fourth-order valence-corrected chi connectivity index (χ4v) is 2.62. The molecule has 1 amide bonds. The maximum atomic E-state index is 11.9. The van der Waals surface area contributed by atoms with Gasteiger partial charge < -0.3 is 9.73 Å². The van der Waals surface area contributed by atoms with Crippen LogP contribution >= 0.6 is 27.3 Å². The smallest absolute Gasteiger partial charge is 0.254 e. The summed E-state index contributed by atoms with van der Waals surface area (Å²) in [6, 6.07) is 4.98. The fraction of sp³-hybridized carbons (Fsp3) is 0.231. The molecule has 0 bridgehead atoms. The van der Waals surface area contributed by atoms with Gasteiger partial charge in [-0.05, 0) is 34.3 Å². The summed E-state index contributed by atoms with van der Waals surface area (Å²) in [4.78, 5) is 24.4. The van der Waals surface area contributed by atoms with Gasteiger partial charge in [0.1, 0.15) is 6.26 Å². The molecule has 1 N–H and O–H groups in total. The summed E-state index contributed by atoms with van der Waals surface area (Å²) in [7, 11) is 0. The first kappa shape index (κ1) is 14.0. The molecule has 0 saturated carbocycles. The molecule has 0 aromatic carbocycles. The lowest BCUT2D eigenvalue weighted by atomic mass is 10.1. The number of amides is 1. The Morgan fingerprint density at radius 2 is 2.32 bits per heavy atom. The first-order chi connectivity index (χ1) is 9.06. The number of hydrogen-bond donors (Lipinski definition) is 1. The molecule has 100 valence electrons. The predicted octanol–water partition coefficient (Wildman–Crippen LogP) is 3.49. The van der Waals surface area contributed by atoms with Gasteiger partial charge in [0.15, 0.2) is 10.5 Å². The largest absolute Gasteiger partial charge is 0.457 e. The number of rotatable bonds is 5. The average molecular weight is 342 g/mol. The minimum atomic E-state index is -0.249. The monoisotopic (exact) mass is 341 g/mol. The Morgan fingerprint density at radius 1 is 1.53 bits per heavy atom. The van der Waals surface area contributed by atoms with Crippen molar-refractivity contribution in [2.45, 2.75) is 19.4 Å². The van der Waals surface area contributed by atoms with Gasteiger partial charge in [-0.25, -0.2) is 0 Å². The first-order valence-electron chi connectivity index (χ1n) is 5.68. The Labute approximate surface area is 122 Å². The zero-order chi connectivity index (χ0) is 13.8. The maximum Gasteiger partial charge on any atom is 0.254 e. The van der Waals surface area contributed by atoms with E-state index in [4.69, 9.17) is 4.42 Å². The van der Waals surface area contributed by atoms with E-state index in [1.54, 1.807) is 19.1 Å². The molecule has 6 heteroatoms. The second-order valence-electron chi connectivity index (χ2n) is 4.12. The Morgan fingerprint density at radius 3 is 2.89 bits per heavy atom. The van der Waals surface area contributed by atoms with E-state index in [-0.39, 0.29) is 24.2 Å². The van der Waals surface area contributed by atoms with Crippen LogP contribution in [0.1, 0.15) is 33.4 Å². The van der Waals surface area contributed by atoms with E-state index in [0.29, 0.717) is 15.1 Å². The molecule has 0 fully saturated rings. The number of Topliss-reactive ketones (excluding diaryl/α,β-unsaturated/α-hetero) is 1. The minimum absolute atomic E-state index is 0.0381. The van der Waals surface area contributed by atoms with Gasteiger partial charge in [0.25, 0.3) is 5.91 Å². The van der Waals surface area contributed by atoms with Crippen LogP contribution < -0.4 is 5.32 Å². The highest BCUT2D eigenvalue weighted by molar-refractivity contribution is 9.10. The van der Waals surface area contributed by atoms with Crippen LogP contribution in [0.2, 0.25) is 0 Å². The topological polar surface area (TPSA) is 59.3 Å². The van der Waals surface area contributed by atoms with Crippen LogP contribution in [0.4, 0.5) is 0 Å². The lowest BCUT2D eigenvalue weighted by Gasteiger charge is -2.11. The van der Waals surface area contributed by atoms with Crippen molar-refractivity contribution in [3.63, 3.8) is 0 Å². The summed E-state index contributed by atoms with van der Waals surface area (Å²) in [6.45, 7) is 1.80. The van der Waals surface area contributed by atoms with Crippen LogP contribution in [0, 0.1) is 0 Å². The molecule has 0 saturated heterocycles. The van der Waals surface area contributed by atoms with Crippen molar-refractivity contribution in [2.75, 3.05) is 0 Å². The first-order valence-corrected chi connectivity index (χ1v) is 7.35. The standard InChI is InChI=1S/C13H12BrNO3S/c1-8(5-10(16)11-3-2-4-19-11)15-13(17)9-6-12(14)18-7-9/h2-4,6-8H,5H2,1H3,(H,15,17)/t8-/m0/s1. The second-order valence-corrected chi connectivity index (χ2v) is 5.85. The lowest BCUT2D eigenvalue weighted by Crippen LogP contribution is -2.33. The molecule has 0 aliphatic carbocycles. The highest BCUT2D eigenvalue weighted by atomic mass is 79.9. The van der Waals surface area contributed by atoms with E-state index in [2.05, 4.69) is 21.2 Å². The van der Waals surface area contributed by atoms with E-state index in [0.717, 1.165) is 0 Å². The zero-order valence-electron chi connectivity index (χ0n) is 10.2. The highest BCUT2D eigenvalue weighted by Gasteiger charge is 2.16. The third-order valence-electron chi connectivity index (χ3n) is 2.49. The van der Waals surface area contributed by atoms with Gasteiger partial charge in [0.05, 0.1) is 10.4 Å². The van der Waals surface area contributed by atoms with E-state index < -0.39 is 0 Å². The summed E-state index contributed by atoms with van der Waals surface area (Å²) >= 11 is 4.54. The molecule has 1 atom stereocenters. The van der Waals surface area contributed by atoms with Crippen molar-refractivity contribution in [2.24, 2.45) is 0 Å². The highest BCUT2D eigenvalue weighted by Crippen LogP contribution is 2.15. The van der Waals surface area contributed by atoms with Gasteiger partial charge in [-0.15, -0.1) is 11.3 Å². The SMILES string of the molecule is C[C@@H](CC(=O)c1cccs1)NC(=O)c1coc(Br)c1. The van der Waals surface area contributed by atoms with Gasteiger partial charge in [-0.2, -0.15) is 0 Å². The Bertz CT molecular complexity index is 576. The van der Waals surface area contributed by atoms with Gasteiger partial charge in [0, 0.05) is 18.5 Å². The number of halogens is 1. The molecule has 0 aliphatic rings. The fourth-order valence-electron chi connectivity index (χ4n) is 1.60. The third kappa shape index (κ3) is 3.78. The molecular weight excluding hydrogens is 330 g/mol. The number of ketones is 1. The summed E-state index contributed by atoms with van der Waals surface area (Å²) < 4.78 is 5.50. The van der Waals surface area contributed by atoms with Crippen LogP contribution in [0.5, 0.6) is 0 Å². The van der Waals surface area contributed by atoms with Crippen molar-refractivity contribution in [1.82, 2.24) is 5.32 Å². The van der Waals surface area contributed by atoms with Gasteiger partial charge >= 0.3 is 0 Å². The molecular formula is C13H12BrNO3S. The summed E-state index contributed by atoms with van der Waals surface area (Å²) in [5, 5.41) is 4.63. The number of hydrogen-bond acceptors (Lipinski definition) is 4.